The molecule has 0 aliphatic heterocycles. The maximum atomic E-state index is 12.8. The van der Waals surface area contributed by atoms with Gasteiger partial charge in [0, 0.05) is 11.1 Å². The number of aryl methyl sites for hydroxylation is 2. The first kappa shape index (κ1) is 15.5. The van der Waals surface area contributed by atoms with Crippen molar-refractivity contribution in [1.29, 1.82) is 0 Å². The van der Waals surface area contributed by atoms with Gasteiger partial charge in [-0.2, -0.15) is 13.2 Å². The minimum atomic E-state index is -4.43. The van der Waals surface area contributed by atoms with Gasteiger partial charge < -0.3 is 5.32 Å². The van der Waals surface area contributed by atoms with Crippen molar-refractivity contribution in [3.05, 3.63) is 45.4 Å². The van der Waals surface area contributed by atoms with Gasteiger partial charge in [-0.05, 0) is 31.5 Å². The summed E-state index contributed by atoms with van der Waals surface area (Å²) in [6.07, 6.45) is -4.39. The number of anilines is 1. The van der Waals surface area contributed by atoms with E-state index in [1.165, 1.54) is 30.4 Å². The molecule has 0 saturated heterocycles. The number of hydrogen-bond acceptors (Lipinski definition) is 3. The number of benzene rings is 1. The van der Waals surface area contributed by atoms with Crippen LogP contribution in [0, 0.1) is 13.8 Å². The van der Waals surface area contributed by atoms with E-state index < -0.39 is 17.6 Å². The molecule has 112 valence electrons. The molecule has 0 aliphatic rings. The van der Waals surface area contributed by atoms with Gasteiger partial charge in [0.1, 0.15) is 0 Å². The number of aromatic nitrogens is 1. The van der Waals surface area contributed by atoms with Gasteiger partial charge in [-0.3, -0.25) is 4.79 Å². The highest BCUT2D eigenvalue weighted by Gasteiger charge is 2.32. The van der Waals surface area contributed by atoms with Crippen molar-refractivity contribution in [2.24, 2.45) is 0 Å². The summed E-state index contributed by atoms with van der Waals surface area (Å²) in [6.45, 7) is 3.20. The largest absolute Gasteiger partial charge is 0.416 e. The van der Waals surface area contributed by atoms with Crippen molar-refractivity contribution >= 4 is 22.9 Å². The second-order valence-corrected chi connectivity index (χ2v) is 5.67. The Morgan fingerprint density at radius 1 is 1.33 bits per heavy atom. The molecule has 1 heterocycles. The van der Waals surface area contributed by atoms with Gasteiger partial charge in [0.15, 0.2) is 0 Å². The number of hydrogen-bond donors (Lipinski definition) is 1. The highest BCUT2D eigenvalue weighted by atomic mass is 32.1. The van der Waals surface area contributed by atoms with Crippen LogP contribution in [0.15, 0.2) is 23.6 Å². The third-order valence-corrected chi connectivity index (χ3v) is 3.66. The van der Waals surface area contributed by atoms with Crippen molar-refractivity contribution in [2.45, 2.75) is 26.4 Å². The molecule has 0 bridgehead atoms. The maximum Gasteiger partial charge on any atom is 0.416 e. The number of halogens is 3. The number of carbonyl (C=O) groups is 1. The number of carbonyl (C=O) groups excluding carboxylic acids is 1. The van der Waals surface area contributed by atoms with Gasteiger partial charge >= 0.3 is 6.18 Å². The van der Waals surface area contributed by atoms with Gasteiger partial charge in [-0.1, -0.05) is 6.07 Å². The van der Waals surface area contributed by atoms with Crippen molar-refractivity contribution in [3.63, 3.8) is 0 Å². The zero-order valence-corrected chi connectivity index (χ0v) is 12.2. The molecule has 2 aromatic rings. The van der Waals surface area contributed by atoms with Crippen LogP contribution in [0.5, 0.6) is 0 Å². The van der Waals surface area contributed by atoms with Crippen molar-refractivity contribution in [2.75, 3.05) is 5.32 Å². The molecule has 0 unspecified atom stereocenters. The Hall–Kier alpha value is -1.89. The molecule has 0 aliphatic carbocycles. The average molecular weight is 314 g/mol. The molecule has 2 rings (SSSR count). The summed E-state index contributed by atoms with van der Waals surface area (Å²) >= 11 is 1.42. The van der Waals surface area contributed by atoms with E-state index >= 15 is 0 Å². The lowest BCUT2D eigenvalue weighted by Crippen LogP contribution is -2.16. The molecule has 0 atom stereocenters. The number of nitrogens with zero attached hydrogens (tertiary/aromatic N) is 1. The molecule has 0 spiro atoms. The molecular formula is C14H13F3N2OS. The summed E-state index contributed by atoms with van der Waals surface area (Å²) in [6, 6.07) is 3.74. The molecule has 1 N–H and O–H groups in total. The van der Waals surface area contributed by atoms with E-state index in [0.717, 1.165) is 11.1 Å². The summed E-state index contributed by atoms with van der Waals surface area (Å²) in [5, 5.41) is 5.06. The van der Waals surface area contributed by atoms with Crippen molar-refractivity contribution in [3.8, 4) is 0 Å². The quantitative estimate of drug-likeness (QED) is 0.932. The van der Waals surface area contributed by atoms with E-state index in [1.807, 2.05) is 6.92 Å². The number of amides is 1. The molecule has 21 heavy (non-hydrogen) atoms. The van der Waals surface area contributed by atoms with Crippen LogP contribution in [-0.4, -0.2) is 10.9 Å². The smallest absolute Gasteiger partial charge is 0.326 e. The second-order valence-electron chi connectivity index (χ2n) is 4.61. The minimum Gasteiger partial charge on any atom is -0.326 e. The number of rotatable bonds is 3. The fourth-order valence-corrected chi connectivity index (χ4v) is 2.48. The summed E-state index contributed by atoms with van der Waals surface area (Å²) in [4.78, 5) is 16.0. The summed E-state index contributed by atoms with van der Waals surface area (Å²) < 4.78 is 38.4. The molecule has 1 amide bonds. The van der Waals surface area contributed by atoms with Crippen molar-refractivity contribution in [1.82, 2.24) is 4.98 Å². The molecule has 0 radical (unpaired) electrons. The first-order valence-electron chi connectivity index (χ1n) is 6.14. The Morgan fingerprint density at radius 3 is 2.62 bits per heavy atom. The zero-order valence-electron chi connectivity index (χ0n) is 11.4. The van der Waals surface area contributed by atoms with E-state index in [0.29, 0.717) is 5.69 Å². The van der Waals surface area contributed by atoms with E-state index in [9.17, 15) is 18.0 Å². The third-order valence-electron chi connectivity index (χ3n) is 2.83. The van der Waals surface area contributed by atoms with Gasteiger partial charge in [0.05, 0.1) is 22.7 Å². The van der Waals surface area contributed by atoms with Crippen LogP contribution in [0.2, 0.25) is 0 Å². The fourth-order valence-electron chi connectivity index (χ4n) is 1.86. The number of thiazole rings is 1. The Kier molecular flexibility index (Phi) is 4.32. The molecule has 1 aromatic carbocycles. The predicted molar refractivity (Wildman–Crippen MR) is 75.4 cm³/mol. The van der Waals surface area contributed by atoms with Crippen LogP contribution < -0.4 is 5.32 Å². The van der Waals surface area contributed by atoms with E-state index in [4.69, 9.17) is 0 Å². The van der Waals surface area contributed by atoms with Gasteiger partial charge in [0.2, 0.25) is 5.91 Å². The van der Waals surface area contributed by atoms with Gasteiger partial charge in [0.25, 0.3) is 0 Å². The average Bonchev–Trinajstić information content (AvgIpc) is 2.75. The monoisotopic (exact) mass is 314 g/mol. The van der Waals surface area contributed by atoms with E-state index in [-0.39, 0.29) is 17.7 Å². The Morgan fingerprint density at radius 2 is 2.05 bits per heavy atom. The SMILES string of the molecule is Cc1nc(CC(=O)Nc2ccc(C)c(C(F)(F)F)c2)cs1. The summed E-state index contributed by atoms with van der Waals surface area (Å²) in [7, 11) is 0. The van der Waals surface area contributed by atoms with Gasteiger partial charge in [-0.15, -0.1) is 11.3 Å². The molecule has 7 heteroatoms. The van der Waals surface area contributed by atoms with Crippen LogP contribution in [0.1, 0.15) is 21.8 Å². The van der Waals surface area contributed by atoms with Crippen molar-refractivity contribution < 1.29 is 18.0 Å². The highest BCUT2D eigenvalue weighted by molar-refractivity contribution is 7.09. The standard InChI is InChI=1S/C14H13F3N2OS/c1-8-3-4-10(5-12(8)14(15,16)17)19-13(20)6-11-7-21-9(2)18-11/h3-5,7H,6H2,1-2H3,(H,19,20). The lowest BCUT2D eigenvalue weighted by Gasteiger charge is -2.12. The Bertz CT molecular complexity index is 664. The second kappa shape index (κ2) is 5.85. The van der Waals surface area contributed by atoms with Crippen LogP contribution in [0.4, 0.5) is 18.9 Å². The topological polar surface area (TPSA) is 42.0 Å². The first-order valence-corrected chi connectivity index (χ1v) is 7.02. The lowest BCUT2D eigenvalue weighted by molar-refractivity contribution is -0.138. The van der Waals surface area contributed by atoms with Gasteiger partial charge in [-0.25, -0.2) is 4.98 Å². The first-order chi connectivity index (χ1) is 9.75. The zero-order chi connectivity index (χ0) is 15.6. The van der Waals surface area contributed by atoms with E-state index in [2.05, 4.69) is 10.3 Å². The van der Waals surface area contributed by atoms with Crippen LogP contribution in [0.3, 0.4) is 0 Å². The maximum absolute atomic E-state index is 12.8. The number of alkyl halides is 3. The molecule has 0 fully saturated rings. The summed E-state index contributed by atoms with van der Waals surface area (Å²) in [5.74, 6) is -0.391. The van der Waals surface area contributed by atoms with Crippen LogP contribution in [-0.2, 0) is 17.4 Å². The lowest BCUT2D eigenvalue weighted by atomic mass is 10.1. The molecule has 3 nitrogen and oxygen atoms in total. The van der Waals surface area contributed by atoms with E-state index in [1.54, 1.807) is 5.38 Å². The molecule has 1 aromatic heterocycles. The van der Waals surface area contributed by atoms with Crippen LogP contribution >= 0.6 is 11.3 Å². The number of nitrogens with one attached hydrogen (secondary N) is 1. The predicted octanol–water partition coefficient (Wildman–Crippen LogP) is 3.96. The highest BCUT2D eigenvalue weighted by Crippen LogP contribution is 2.33. The third kappa shape index (κ3) is 4.04. The molecular weight excluding hydrogens is 301 g/mol. The minimum absolute atomic E-state index is 0.0412. The summed E-state index contributed by atoms with van der Waals surface area (Å²) in [5.41, 5.74) is 0.114. The normalized spacial score (nSPS) is 11.5. The Labute approximate surface area is 123 Å². The Balaban J connectivity index is 2.11. The van der Waals surface area contributed by atoms with Crippen LogP contribution in [0.25, 0.3) is 0 Å². The fraction of sp³-hybridized carbons (Fsp3) is 0.286. The molecule has 0 saturated carbocycles.